The summed E-state index contributed by atoms with van der Waals surface area (Å²) in [6.07, 6.45) is 3.27. The Balaban J connectivity index is 1.63. The predicted octanol–water partition coefficient (Wildman–Crippen LogP) is 5.25. The number of Topliss-reactive ketones (excluding diaryl/α,β-unsaturated/α-hetero) is 2. The Kier molecular flexibility index (Phi) is 6.19. The first-order chi connectivity index (χ1) is 12.9. The Hall–Kier alpha value is -2.30. The number of ketones is 2. The molecule has 0 bridgehead atoms. The largest absolute Gasteiger partial charge is 0.300 e. The topological polar surface area (TPSA) is 47.0 Å². The molecule has 0 aliphatic carbocycles. The van der Waals surface area contributed by atoms with Crippen molar-refractivity contribution in [3.8, 4) is 0 Å². The average Bonchev–Trinajstić information content (AvgIpc) is 3.05. The molecule has 0 radical (unpaired) electrons. The maximum absolute atomic E-state index is 12.5. The van der Waals surface area contributed by atoms with Gasteiger partial charge in [0.2, 0.25) is 0 Å². The lowest BCUT2D eigenvalue weighted by Crippen LogP contribution is -2.04. The third kappa shape index (κ3) is 5.34. The van der Waals surface area contributed by atoms with Gasteiger partial charge in [-0.15, -0.1) is 11.3 Å². The predicted molar refractivity (Wildman–Crippen MR) is 110 cm³/mol. The summed E-state index contributed by atoms with van der Waals surface area (Å²) < 4.78 is 0. The molecule has 0 amide bonds. The molecule has 3 rings (SSSR count). The van der Waals surface area contributed by atoms with Crippen molar-refractivity contribution < 1.29 is 9.59 Å². The smallest absolute Gasteiger partial charge is 0.169 e. The first-order valence-electron chi connectivity index (χ1n) is 8.71. The zero-order valence-corrected chi connectivity index (χ0v) is 16.9. The van der Waals surface area contributed by atoms with Gasteiger partial charge in [0.1, 0.15) is 10.8 Å². The minimum Gasteiger partial charge on any atom is -0.300 e. The Morgan fingerprint density at radius 1 is 1.04 bits per heavy atom. The maximum atomic E-state index is 12.5. The van der Waals surface area contributed by atoms with E-state index in [1.54, 1.807) is 30.4 Å². The van der Waals surface area contributed by atoms with Crippen LogP contribution in [0.3, 0.4) is 0 Å². The quantitative estimate of drug-likeness (QED) is 0.511. The highest BCUT2D eigenvalue weighted by molar-refractivity contribution is 7.11. The minimum atomic E-state index is 0.0312. The summed E-state index contributed by atoms with van der Waals surface area (Å²) in [5, 5.41) is 1.57. The summed E-state index contributed by atoms with van der Waals surface area (Å²) in [7, 11) is 0. The highest BCUT2D eigenvalue weighted by atomic mass is 35.5. The van der Waals surface area contributed by atoms with Crippen LogP contribution in [0.5, 0.6) is 0 Å². The SMILES string of the molecule is CC(=O)Cc1ccc(C(=O)Cc2ncc(Cc3ccc(C)c(Cl)c3)s2)cc1. The van der Waals surface area contributed by atoms with Crippen molar-refractivity contribution in [1.82, 2.24) is 4.98 Å². The van der Waals surface area contributed by atoms with Crippen molar-refractivity contribution in [2.75, 3.05) is 0 Å². The van der Waals surface area contributed by atoms with Gasteiger partial charge in [-0.2, -0.15) is 0 Å². The molecule has 0 N–H and O–H groups in total. The number of hydrogen-bond donors (Lipinski definition) is 0. The third-order valence-corrected chi connectivity index (χ3v) is 5.66. The highest BCUT2D eigenvalue weighted by Crippen LogP contribution is 2.22. The molecule has 0 atom stereocenters. The first kappa shape index (κ1) is 19.5. The van der Waals surface area contributed by atoms with E-state index < -0.39 is 0 Å². The molecule has 27 heavy (non-hydrogen) atoms. The van der Waals surface area contributed by atoms with Gasteiger partial charge in [-0.3, -0.25) is 9.59 Å². The number of hydrogen-bond acceptors (Lipinski definition) is 4. The van der Waals surface area contributed by atoms with E-state index in [2.05, 4.69) is 11.1 Å². The van der Waals surface area contributed by atoms with Crippen molar-refractivity contribution in [2.45, 2.75) is 33.1 Å². The van der Waals surface area contributed by atoms with Gasteiger partial charge < -0.3 is 0 Å². The molecule has 0 fully saturated rings. The number of halogens is 1. The number of carbonyl (C=O) groups is 2. The second kappa shape index (κ2) is 8.59. The molecule has 0 saturated heterocycles. The first-order valence-corrected chi connectivity index (χ1v) is 9.90. The van der Waals surface area contributed by atoms with E-state index in [0.717, 1.165) is 38.0 Å². The summed E-state index contributed by atoms with van der Waals surface area (Å²) in [4.78, 5) is 29.1. The Morgan fingerprint density at radius 2 is 1.74 bits per heavy atom. The lowest BCUT2D eigenvalue weighted by molar-refractivity contribution is -0.116. The van der Waals surface area contributed by atoms with E-state index in [0.29, 0.717) is 12.0 Å². The maximum Gasteiger partial charge on any atom is 0.169 e. The van der Waals surface area contributed by atoms with Gasteiger partial charge in [0.25, 0.3) is 0 Å². The van der Waals surface area contributed by atoms with E-state index in [9.17, 15) is 9.59 Å². The Bertz CT molecular complexity index is 976. The Labute approximate surface area is 168 Å². The van der Waals surface area contributed by atoms with Gasteiger partial charge in [-0.1, -0.05) is 48.0 Å². The molecule has 1 aromatic heterocycles. The molecule has 0 saturated carbocycles. The minimum absolute atomic E-state index is 0.0312. The molecular formula is C22H20ClNO2S. The zero-order valence-electron chi connectivity index (χ0n) is 15.3. The van der Waals surface area contributed by atoms with Gasteiger partial charge in [-0.05, 0) is 36.6 Å². The molecule has 2 aromatic carbocycles. The van der Waals surface area contributed by atoms with Crippen molar-refractivity contribution in [2.24, 2.45) is 0 Å². The van der Waals surface area contributed by atoms with Crippen LogP contribution in [0.4, 0.5) is 0 Å². The monoisotopic (exact) mass is 397 g/mol. The van der Waals surface area contributed by atoms with Gasteiger partial charge in [0, 0.05) is 34.5 Å². The lowest BCUT2D eigenvalue weighted by atomic mass is 10.0. The average molecular weight is 398 g/mol. The van der Waals surface area contributed by atoms with Gasteiger partial charge >= 0.3 is 0 Å². The molecule has 0 aliphatic heterocycles. The fourth-order valence-electron chi connectivity index (χ4n) is 2.79. The van der Waals surface area contributed by atoms with E-state index in [1.165, 1.54) is 0 Å². The van der Waals surface area contributed by atoms with E-state index in [4.69, 9.17) is 11.6 Å². The number of benzene rings is 2. The van der Waals surface area contributed by atoms with Crippen LogP contribution >= 0.6 is 22.9 Å². The number of aromatic nitrogens is 1. The van der Waals surface area contributed by atoms with Crippen LogP contribution in [-0.4, -0.2) is 16.6 Å². The highest BCUT2D eigenvalue weighted by Gasteiger charge is 2.11. The van der Waals surface area contributed by atoms with E-state index in [-0.39, 0.29) is 18.0 Å². The van der Waals surface area contributed by atoms with Crippen LogP contribution in [0.1, 0.15) is 43.9 Å². The van der Waals surface area contributed by atoms with Crippen molar-refractivity contribution in [3.63, 3.8) is 0 Å². The van der Waals surface area contributed by atoms with E-state index in [1.807, 2.05) is 37.4 Å². The van der Waals surface area contributed by atoms with Crippen LogP contribution in [0.15, 0.2) is 48.7 Å². The molecule has 3 nitrogen and oxygen atoms in total. The molecule has 3 aromatic rings. The molecular weight excluding hydrogens is 378 g/mol. The summed E-state index contributed by atoms with van der Waals surface area (Å²) in [6, 6.07) is 13.3. The normalized spacial score (nSPS) is 10.8. The number of aryl methyl sites for hydroxylation is 1. The lowest BCUT2D eigenvalue weighted by Gasteiger charge is -2.02. The van der Waals surface area contributed by atoms with Crippen LogP contribution in [-0.2, 0) is 24.1 Å². The van der Waals surface area contributed by atoms with E-state index >= 15 is 0 Å². The molecule has 5 heteroatoms. The van der Waals surface area contributed by atoms with Crippen LogP contribution in [0.2, 0.25) is 5.02 Å². The molecule has 0 unspecified atom stereocenters. The van der Waals surface area contributed by atoms with Crippen molar-refractivity contribution >= 4 is 34.5 Å². The summed E-state index contributed by atoms with van der Waals surface area (Å²) in [5.41, 5.74) is 3.76. The number of rotatable bonds is 7. The Morgan fingerprint density at radius 3 is 2.41 bits per heavy atom. The molecule has 138 valence electrons. The second-order valence-electron chi connectivity index (χ2n) is 6.66. The molecule has 1 heterocycles. The number of carbonyl (C=O) groups excluding carboxylic acids is 2. The summed E-state index contributed by atoms with van der Waals surface area (Å²) in [6.45, 7) is 3.54. The van der Waals surface area contributed by atoms with Gasteiger partial charge in [0.15, 0.2) is 5.78 Å². The van der Waals surface area contributed by atoms with Crippen LogP contribution < -0.4 is 0 Å². The van der Waals surface area contributed by atoms with Gasteiger partial charge in [0.05, 0.1) is 6.42 Å². The van der Waals surface area contributed by atoms with Gasteiger partial charge in [-0.25, -0.2) is 4.98 Å². The standard InChI is InChI=1S/C22H20ClNO2S/c1-14-3-4-17(11-20(14)23)10-19-13-24-22(27-19)12-21(26)18-7-5-16(6-8-18)9-15(2)25/h3-8,11,13H,9-10,12H2,1-2H3. The van der Waals surface area contributed by atoms with Crippen LogP contribution in [0, 0.1) is 6.92 Å². The van der Waals surface area contributed by atoms with Crippen LogP contribution in [0.25, 0.3) is 0 Å². The summed E-state index contributed by atoms with van der Waals surface area (Å²) >= 11 is 7.74. The summed E-state index contributed by atoms with van der Waals surface area (Å²) in [5.74, 6) is 0.142. The fourth-order valence-corrected chi connectivity index (χ4v) is 3.95. The van der Waals surface area contributed by atoms with Crippen molar-refractivity contribution in [3.05, 3.63) is 85.8 Å². The third-order valence-electron chi connectivity index (χ3n) is 4.26. The fraction of sp³-hybridized carbons (Fsp3) is 0.227. The molecule has 0 aliphatic rings. The number of nitrogens with zero attached hydrogens (tertiary/aromatic N) is 1. The second-order valence-corrected chi connectivity index (χ2v) is 8.26. The molecule has 0 spiro atoms. The van der Waals surface area contributed by atoms with Crippen molar-refractivity contribution in [1.29, 1.82) is 0 Å². The zero-order chi connectivity index (χ0) is 19.4. The number of thiazole rings is 1.